The lowest BCUT2D eigenvalue weighted by Crippen LogP contribution is -2.55. The van der Waals surface area contributed by atoms with Crippen molar-refractivity contribution in [2.75, 3.05) is 59.5 Å². The quantitative estimate of drug-likeness (QED) is 0.787. The molecule has 0 amide bonds. The van der Waals surface area contributed by atoms with Crippen LogP contribution in [0, 0.1) is 5.92 Å². The molecule has 24 heavy (non-hydrogen) atoms. The van der Waals surface area contributed by atoms with E-state index in [1.165, 1.54) is 0 Å². The zero-order chi connectivity index (χ0) is 16.9. The van der Waals surface area contributed by atoms with Gasteiger partial charge in [-0.1, -0.05) is 0 Å². The molecule has 0 bridgehead atoms. The predicted molar refractivity (Wildman–Crippen MR) is 92.2 cm³/mol. The van der Waals surface area contributed by atoms with E-state index in [2.05, 4.69) is 19.7 Å². The number of aromatic nitrogens is 1. The number of thiazole rings is 1. The smallest absolute Gasteiger partial charge is 0.309 e. The molecule has 1 N–H and O–H groups in total. The molecule has 0 radical (unpaired) electrons. The van der Waals surface area contributed by atoms with Crippen molar-refractivity contribution < 1.29 is 14.6 Å². The molecule has 2 aliphatic rings. The Bertz CT molecular complexity index is 527. The number of piperazine rings is 1. The van der Waals surface area contributed by atoms with E-state index in [9.17, 15) is 9.90 Å². The van der Waals surface area contributed by atoms with E-state index in [0.717, 1.165) is 44.3 Å². The van der Waals surface area contributed by atoms with Gasteiger partial charge in [-0.25, -0.2) is 4.98 Å². The second-order valence-electron chi connectivity index (χ2n) is 6.60. The van der Waals surface area contributed by atoms with Gasteiger partial charge in [0.25, 0.3) is 0 Å². The summed E-state index contributed by atoms with van der Waals surface area (Å²) >= 11 is 1.69. The van der Waals surface area contributed by atoms with Crippen LogP contribution in [-0.4, -0.2) is 96.3 Å². The molecule has 1 aromatic heterocycles. The maximum absolute atomic E-state index is 11.6. The summed E-state index contributed by atoms with van der Waals surface area (Å²) in [6, 6.07) is 0.375. The Morgan fingerprint density at radius 3 is 2.88 bits per heavy atom. The Balaban J connectivity index is 1.64. The molecule has 3 rings (SSSR count). The number of carboxylic acids is 1. The fourth-order valence-corrected chi connectivity index (χ4v) is 4.28. The van der Waals surface area contributed by atoms with Crippen molar-refractivity contribution in [1.29, 1.82) is 0 Å². The first kappa shape index (κ1) is 17.8. The molecule has 2 saturated heterocycles. The van der Waals surface area contributed by atoms with Gasteiger partial charge in [0, 0.05) is 70.5 Å². The van der Waals surface area contributed by atoms with E-state index >= 15 is 0 Å². The minimum atomic E-state index is -0.691. The minimum Gasteiger partial charge on any atom is -0.481 e. The molecule has 0 aromatic carbocycles. The maximum atomic E-state index is 11.6. The minimum absolute atomic E-state index is 0.322. The summed E-state index contributed by atoms with van der Waals surface area (Å²) in [7, 11) is 1.69. The van der Waals surface area contributed by atoms with Gasteiger partial charge in [0.15, 0.2) is 0 Å². The topological polar surface area (TPSA) is 69.1 Å². The number of hydrogen-bond donors (Lipinski definition) is 1. The zero-order valence-corrected chi connectivity index (χ0v) is 15.0. The molecule has 1 aromatic rings. The zero-order valence-electron chi connectivity index (χ0n) is 14.1. The Morgan fingerprint density at radius 2 is 2.17 bits per heavy atom. The third-order valence-corrected chi connectivity index (χ3v) is 5.66. The van der Waals surface area contributed by atoms with Crippen LogP contribution in [0.2, 0.25) is 0 Å². The number of ether oxygens (including phenoxy) is 1. The van der Waals surface area contributed by atoms with Crippen molar-refractivity contribution in [2.24, 2.45) is 5.92 Å². The summed E-state index contributed by atoms with van der Waals surface area (Å²) in [5, 5.41) is 12.7. The predicted octanol–water partition coefficient (Wildman–Crippen LogP) is 0.292. The van der Waals surface area contributed by atoms with E-state index in [4.69, 9.17) is 4.74 Å². The van der Waals surface area contributed by atoms with Crippen molar-refractivity contribution >= 4 is 17.3 Å². The number of fused-ring (bicyclic) bond motifs is 1. The number of nitrogens with zero attached hydrogens (tertiary/aromatic N) is 4. The third-order valence-electron chi connectivity index (χ3n) is 4.89. The Morgan fingerprint density at radius 1 is 1.33 bits per heavy atom. The first-order valence-corrected chi connectivity index (χ1v) is 9.32. The van der Waals surface area contributed by atoms with Gasteiger partial charge in [-0.15, -0.1) is 11.3 Å². The van der Waals surface area contributed by atoms with Crippen molar-refractivity contribution in [2.45, 2.75) is 12.6 Å². The molecule has 0 unspecified atom stereocenters. The van der Waals surface area contributed by atoms with Gasteiger partial charge in [-0.05, 0) is 0 Å². The second kappa shape index (κ2) is 8.35. The normalized spacial score (nSPS) is 26.9. The van der Waals surface area contributed by atoms with Gasteiger partial charge < -0.3 is 9.84 Å². The van der Waals surface area contributed by atoms with Crippen LogP contribution in [0.5, 0.6) is 0 Å². The summed E-state index contributed by atoms with van der Waals surface area (Å²) in [4.78, 5) is 23.0. The maximum Gasteiger partial charge on any atom is 0.309 e. The van der Waals surface area contributed by atoms with Crippen LogP contribution in [0.3, 0.4) is 0 Å². The monoisotopic (exact) mass is 354 g/mol. The van der Waals surface area contributed by atoms with Crippen LogP contribution >= 0.6 is 11.3 Å². The molecule has 8 heteroatoms. The van der Waals surface area contributed by atoms with Crippen LogP contribution in [0.15, 0.2) is 11.6 Å². The number of aliphatic carboxylic acids is 1. The first-order valence-electron chi connectivity index (χ1n) is 8.44. The molecule has 134 valence electrons. The average Bonchev–Trinajstić information content (AvgIpc) is 2.99. The standard InChI is InChI=1S/C16H26N4O3S/c1-23-6-5-19-8-13(16(21)22)9-20-4-3-18(10-14(20)11-19)12-15-17-2-7-24-15/h2,7,13-14H,3-6,8-12H2,1H3,(H,21,22)/t13-,14-/m1/s1. The SMILES string of the molecule is COCCN1C[C@@H](C(=O)O)CN2CCN(Cc3nccs3)C[C@@H]2C1. The van der Waals surface area contributed by atoms with E-state index in [1.807, 2.05) is 11.6 Å². The number of rotatable bonds is 6. The summed E-state index contributed by atoms with van der Waals surface area (Å²) in [5.41, 5.74) is 0. The fourth-order valence-electron chi connectivity index (χ4n) is 3.62. The number of hydrogen-bond acceptors (Lipinski definition) is 7. The highest BCUT2D eigenvalue weighted by Gasteiger charge is 2.36. The molecule has 3 heterocycles. The second-order valence-corrected chi connectivity index (χ2v) is 7.58. The first-order chi connectivity index (χ1) is 11.7. The Kier molecular flexibility index (Phi) is 6.18. The molecule has 0 spiro atoms. The highest BCUT2D eigenvalue weighted by molar-refractivity contribution is 7.09. The number of carboxylic acid groups (broad SMARTS) is 1. The molecule has 7 nitrogen and oxygen atoms in total. The van der Waals surface area contributed by atoms with Crippen molar-refractivity contribution in [3.63, 3.8) is 0 Å². The highest BCUT2D eigenvalue weighted by Crippen LogP contribution is 2.20. The lowest BCUT2D eigenvalue weighted by molar-refractivity contribution is -0.142. The van der Waals surface area contributed by atoms with Gasteiger partial charge >= 0.3 is 5.97 Å². The molecular weight excluding hydrogens is 328 g/mol. The van der Waals surface area contributed by atoms with Gasteiger partial charge in [0.05, 0.1) is 19.1 Å². The van der Waals surface area contributed by atoms with Gasteiger partial charge in [-0.3, -0.25) is 19.5 Å². The molecule has 2 atom stereocenters. The lowest BCUT2D eigenvalue weighted by atomic mass is 10.1. The van der Waals surface area contributed by atoms with Crippen molar-refractivity contribution in [3.05, 3.63) is 16.6 Å². The summed E-state index contributed by atoms with van der Waals surface area (Å²) in [6.45, 7) is 7.35. The highest BCUT2D eigenvalue weighted by atomic mass is 32.1. The Labute approximate surface area is 146 Å². The molecule has 2 aliphatic heterocycles. The molecule has 2 fully saturated rings. The lowest BCUT2D eigenvalue weighted by Gasteiger charge is -2.41. The van der Waals surface area contributed by atoms with Crippen molar-refractivity contribution in [1.82, 2.24) is 19.7 Å². The van der Waals surface area contributed by atoms with Gasteiger partial charge in [-0.2, -0.15) is 0 Å². The summed E-state index contributed by atoms with van der Waals surface area (Å²) < 4.78 is 5.19. The van der Waals surface area contributed by atoms with E-state index in [0.29, 0.717) is 25.7 Å². The van der Waals surface area contributed by atoms with E-state index < -0.39 is 5.97 Å². The molecular formula is C16H26N4O3S. The van der Waals surface area contributed by atoms with Crippen LogP contribution in [0.1, 0.15) is 5.01 Å². The van der Waals surface area contributed by atoms with Gasteiger partial charge in [0.2, 0.25) is 0 Å². The third kappa shape index (κ3) is 4.52. The van der Waals surface area contributed by atoms with Crippen LogP contribution < -0.4 is 0 Å². The summed E-state index contributed by atoms with van der Waals surface area (Å²) in [6.07, 6.45) is 1.85. The van der Waals surface area contributed by atoms with Crippen LogP contribution in [-0.2, 0) is 16.1 Å². The van der Waals surface area contributed by atoms with E-state index in [1.54, 1.807) is 18.4 Å². The number of methoxy groups -OCH3 is 1. The Hall–Kier alpha value is -1.06. The van der Waals surface area contributed by atoms with Crippen LogP contribution in [0.4, 0.5) is 0 Å². The number of carbonyl (C=O) groups is 1. The largest absolute Gasteiger partial charge is 0.481 e. The summed E-state index contributed by atoms with van der Waals surface area (Å²) in [5.74, 6) is -1.01. The molecule has 0 aliphatic carbocycles. The van der Waals surface area contributed by atoms with Crippen molar-refractivity contribution in [3.8, 4) is 0 Å². The average molecular weight is 354 g/mol. The molecule has 0 saturated carbocycles. The van der Waals surface area contributed by atoms with Gasteiger partial charge in [0.1, 0.15) is 5.01 Å². The van der Waals surface area contributed by atoms with Crippen LogP contribution in [0.25, 0.3) is 0 Å². The fraction of sp³-hybridized carbons (Fsp3) is 0.750. The van der Waals surface area contributed by atoms with E-state index in [-0.39, 0.29) is 5.92 Å².